The fourth-order valence-electron chi connectivity index (χ4n) is 2.12. The van der Waals surface area contributed by atoms with Crippen molar-refractivity contribution in [3.8, 4) is 0 Å². The summed E-state index contributed by atoms with van der Waals surface area (Å²) in [5.41, 5.74) is 0. The third-order valence-corrected chi connectivity index (χ3v) is 2.96. The molecular formula is C12H18N2O4. The zero-order valence-electron chi connectivity index (χ0n) is 10.5. The predicted octanol–water partition coefficient (Wildman–Crippen LogP) is -0.00130. The van der Waals surface area contributed by atoms with Gasteiger partial charge in [-0.1, -0.05) is 20.4 Å². The highest BCUT2D eigenvalue weighted by molar-refractivity contribution is 5.94. The number of nitrogens with zero attached hydrogens (tertiary/aromatic N) is 1. The second-order valence-corrected chi connectivity index (χ2v) is 4.61. The van der Waals surface area contributed by atoms with Crippen molar-refractivity contribution in [3.63, 3.8) is 0 Å². The number of carboxylic acids is 1. The molecule has 0 saturated carbocycles. The molecule has 6 heteroatoms. The molecule has 0 radical (unpaired) electrons. The number of carbonyl (C=O) groups is 3. The van der Waals surface area contributed by atoms with Gasteiger partial charge < -0.3 is 15.3 Å². The van der Waals surface area contributed by atoms with Crippen LogP contribution in [-0.4, -0.2) is 46.4 Å². The minimum absolute atomic E-state index is 0.180. The molecule has 0 spiro atoms. The molecule has 1 aliphatic rings. The molecule has 0 aromatic heterocycles. The van der Waals surface area contributed by atoms with E-state index in [1.54, 1.807) is 13.8 Å². The first-order valence-electron chi connectivity index (χ1n) is 5.84. The highest BCUT2D eigenvalue weighted by atomic mass is 16.4. The van der Waals surface area contributed by atoms with Crippen molar-refractivity contribution in [2.45, 2.75) is 32.4 Å². The summed E-state index contributed by atoms with van der Waals surface area (Å²) in [7, 11) is 0. The molecule has 6 nitrogen and oxygen atoms in total. The van der Waals surface area contributed by atoms with Gasteiger partial charge in [0, 0.05) is 6.54 Å². The van der Waals surface area contributed by atoms with Crippen LogP contribution in [-0.2, 0) is 14.4 Å². The van der Waals surface area contributed by atoms with Gasteiger partial charge in [-0.25, -0.2) is 4.79 Å². The number of hydrogen-bond acceptors (Lipinski definition) is 3. The summed E-state index contributed by atoms with van der Waals surface area (Å²) in [5.74, 6) is -1.97. The standard InChI is InChI=1S/C12H18N2O4/c1-4-9(15)13-8-5-6-14(11(8)16)10(7(2)3)12(17)18/h4,7-8,10H,1,5-6H2,2-3H3,(H,13,15)(H,17,18)/t8-,10?/m1/s1. The Morgan fingerprint density at radius 1 is 1.56 bits per heavy atom. The van der Waals surface area contributed by atoms with Gasteiger partial charge in [0.2, 0.25) is 11.8 Å². The Balaban J connectivity index is 2.77. The van der Waals surface area contributed by atoms with Crippen LogP contribution >= 0.6 is 0 Å². The topological polar surface area (TPSA) is 86.7 Å². The lowest BCUT2D eigenvalue weighted by atomic mass is 10.0. The van der Waals surface area contributed by atoms with E-state index in [4.69, 9.17) is 5.11 Å². The maximum absolute atomic E-state index is 12.0. The van der Waals surface area contributed by atoms with Crippen LogP contribution in [0, 0.1) is 5.92 Å². The molecule has 0 aromatic rings. The number of carboxylic acid groups (broad SMARTS) is 1. The lowest BCUT2D eigenvalue weighted by Crippen LogP contribution is -2.49. The Morgan fingerprint density at radius 2 is 2.17 bits per heavy atom. The van der Waals surface area contributed by atoms with Gasteiger partial charge in [-0.2, -0.15) is 0 Å². The summed E-state index contributed by atoms with van der Waals surface area (Å²) in [6.07, 6.45) is 1.52. The van der Waals surface area contributed by atoms with E-state index in [-0.39, 0.29) is 11.8 Å². The van der Waals surface area contributed by atoms with E-state index in [1.807, 2.05) is 0 Å². The summed E-state index contributed by atoms with van der Waals surface area (Å²) >= 11 is 0. The van der Waals surface area contributed by atoms with Gasteiger partial charge in [0.05, 0.1) is 0 Å². The SMILES string of the molecule is C=CC(=O)N[C@@H]1CCN(C(C(=O)O)C(C)C)C1=O. The van der Waals surface area contributed by atoms with Gasteiger partial charge >= 0.3 is 5.97 Å². The predicted molar refractivity (Wildman–Crippen MR) is 64.7 cm³/mol. The summed E-state index contributed by atoms with van der Waals surface area (Å²) in [6, 6.07) is -1.49. The number of likely N-dealkylation sites (tertiary alicyclic amines) is 1. The molecule has 0 bridgehead atoms. The summed E-state index contributed by atoms with van der Waals surface area (Å²) < 4.78 is 0. The number of carbonyl (C=O) groups excluding carboxylic acids is 2. The van der Waals surface area contributed by atoms with E-state index in [1.165, 1.54) is 4.90 Å². The summed E-state index contributed by atoms with van der Waals surface area (Å²) in [6.45, 7) is 7.15. The molecule has 18 heavy (non-hydrogen) atoms. The van der Waals surface area contributed by atoms with E-state index in [2.05, 4.69) is 11.9 Å². The largest absolute Gasteiger partial charge is 0.480 e. The van der Waals surface area contributed by atoms with Crippen LogP contribution in [0.5, 0.6) is 0 Å². The lowest BCUT2D eigenvalue weighted by molar-refractivity contribution is -0.150. The first-order valence-corrected chi connectivity index (χ1v) is 5.84. The van der Waals surface area contributed by atoms with Crippen LogP contribution in [0.3, 0.4) is 0 Å². The van der Waals surface area contributed by atoms with Crippen LogP contribution in [0.25, 0.3) is 0 Å². The molecule has 1 unspecified atom stereocenters. The fourth-order valence-corrected chi connectivity index (χ4v) is 2.12. The molecule has 100 valence electrons. The van der Waals surface area contributed by atoms with Crippen LogP contribution in [0.1, 0.15) is 20.3 Å². The third-order valence-electron chi connectivity index (χ3n) is 2.96. The van der Waals surface area contributed by atoms with Crippen molar-refractivity contribution in [1.82, 2.24) is 10.2 Å². The number of hydrogen-bond donors (Lipinski definition) is 2. The van der Waals surface area contributed by atoms with Crippen molar-refractivity contribution < 1.29 is 19.5 Å². The molecule has 2 amide bonds. The van der Waals surface area contributed by atoms with Crippen LogP contribution in [0.4, 0.5) is 0 Å². The van der Waals surface area contributed by atoms with Gasteiger partial charge in [-0.3, -0.25) is 9.59 Å². The smallest absolute Gasteiger partial charge is 0.326 e. The number of amides is 2. The Bertz CT molecular complexity index is 378. The van der Waals surface area contributed by atoms with Crippen molar-refractivity contribution >= 4 is 17.8 Å². The zero-order chi connectivity index (χ0) is 13.9. The molecule has 1 saturated heterocycles. The van der Waals surface area contributed by atoms with Gasteiger partial charge in [0.15, 0.2) is 0 Å². The van der Waals surface area contributed by atoms with Gasteiger partial charge in [0.1, 0.15) is 12.1 Å². The average Bonchev–Trinajstić information content (AvgIpc) is 2.61. The van der Waals surface area contributed by atoms with Crippen molar-refractivity contribution in [3.05, 3.63) is 12.7 Å². The highest BCUT2D eigenvalue weighted by Gasteiger charge is 2.40. The van der Waals surface area contributed by atoms with E-state index >= 15 is 0 Å². The van der Waals surface area contributed by atoms with E-state index in [9.17, 15) is 14.4 Å². The normalized spacial score (nSPS) is 20.9. The molecular weight excluding hydrogens is 236 g/mol. The second-order valence-electron chi connectivity index (χ2n) is 4.61. The quantitative estimate of drug-likeness (QED) is 0.676. The van der Waals surface area contributed by atoms with Gasteiger partial charge in [0.25, 0.3) is 0 Å². The van der Waals surface area contributed by atoms with Crippen LogP contribution in [0.2, 0.25) is 0 Å². The maximum Gasteiger partial charge on any atom is 0.326 e. The highest BCUT2D eigenvalue weighted by Crippen LogP contribution is 2.19. The lowest BCUT2D eigenvalue weighted by Gasteiger charge is -2.27. The molecule has 2 atom stereocenters. The minimum atomic E-state index is -1.02. The molecule has 2 N–H and O–H groups in total. The molecule has 1 aliphatic heterocycles. The van der Waals surface area contributed by atoms with Gasteiger partial charge in [-0.15, -0.1) is 0 Å². The number of aliphatic carboxylic acids is 1. The molecule has 0 aliphatic carbocycles. The monoisotopic (exact) mass is 254 g/mol. The van der Waals surface area contributed by atoms with E-state index in [0.29, 0.717) is 13.0 Å². The Kier molecular flexibility index (Phi) is 4.47. The van der Waals surface area contributed by atoms with Crippen LogP contribution < -0.4 is 5.32 Å². The Hall–Kier alpha value is -1.85. The van der Waals surface area contributed by atoms with Crippen molar-refractivity contribution in [1.29, 1.82) is 0 Å². The Labute approximate surface area is 106 Å². The Morgan fingerprint density at radius 3 is 2.61 bits per heavy atom. The molecule has 0 aromatic carbocycles. The third kappa shape index (κ3) is 2.88. The summed E-state index contributed by atoms with van der Waals surface area (Å²) in [4.78, 5) is 35.6. The van der Waals surface area contributed by atoms with E-state index in [0.717, 1.165) is 6.08 Å². The zero-order valence-corrected chi connectivity index (χ0v) is 10.5. The molecule has 1 fully saturated rings. The molecule has 1 rings (SSSR count). The van der Waals surface area contributed by atoms with Crippen molar-refractivity contribution in [2.24, 2.45) is 5.92 Å². The molecule has 1 heterocycles. The number of rotatable bonds is 5. The first kappa shape index (κ1) is 14.2. The van der Waals surface area contributed by atoms with Crippen molar-refractivity contribution in [2.75, 3.05) is 6.54 Å². The summed E-state index contributed by atoms with van der Waals surface area (Å²) in [5, 5.41) is 11.6. The minimum Gasteiger partial charge on any atom is -0.480 e. The average molecular weight is 254 g/mol. The van der Waals surface area contributed by atoms with Crippen LogP contribution in [0.15, 0.2) is 12.7 Å². The van der Waals surface area contributed by atoms with E-state index < -0.39 is 24.0 Å². The fraction of sp³-hybridized carbons (Fsp3) is 0.583. The van der Waals surface area contributed by atoms with Gasteiger partial charge in [-0.05, 0) is 18.4 Å². The number of nitrogens with one attached hydrogen (secondary N) is 1. The first-order chi connectivity index (χ1) is 8.38. The second kappa shape index (κ2) is 5.66. The maximum atomic E-state index is 12.0.